The topological polar surface area (TPSA) is 95.9 Å². The van der Waals surface area contributed by atoms with E-state index in [-0.39, 0.29) is 18.5 Å². The Morgan fingerprint density at radius 1 is 0.375 bits per heavy atom. The summed E-state index contributed by atoms with van der Waals surface area (Å²) in [5.74, 6) is -0.0567. The van der Waals surface area contributed by atoms with Crippen molar-refractivity contribution < 1.29 is 24.5 Å². The molecule has 3 N–H and O–H groups in total. The summed E-state index contributed by atoms with van der Waals surface area (Å²) in [5.41, 5.74) is 0. The van der Waals surface area contributed by atoms with Crippen molar-refractivity contribution in [1.82, 2.24) is 5.32 Å². The molecule has 0 saturated heterocycles. The van der Waals surface area contributed by atoms with Gasteiger partial charge in [-0.2, -0.15) is 0 Å². The largest absolute Gasteiger partial charge is 0.466 e. The predicted molar refractivity (Wildman–Crippen MR) is 315 cm³/mol. The van der Waals surface area contributed by atoms with Gasteiger partial charge in [0.1, 0.15) is 0 Å². The Balaban J connectivity index is 3.38. The summed E-state index contributed by atoms with van der Waals surface area (Å²) in [4.78, 5) is 24.5. The number of carbonyl (C=O) groups excluding carboxylic acids is 2. The molecule has 6 nitrogen and oxygen atoms in total. The van der Waals surface area contributed by atoms with E-state index in [4.69, 9.17) is 4.74 Å². The Morgan fingerprint density at radius 2 is 0.667 bits per heavy atom. The van der Waals surface area contributed by atoms with Gasteiger partial charge in [0.05, 0.1) is 25.4 Å². The maximum absolute atomic E-state index is 12.5. The highest BCUT2D eigenvalue weighted by Gasteiger charge is 2.18. The first-order valence-electron chi connectivity index (χ1n) is 32.6. The zero-order valence-corrected chi connectivity index (χ0v) is 48.7. The average molecular weight is 1010 g/mol. The van der Waals surface area contributed by atoms with E-state index >= 15 is 0 Å². The second-order valence-electron chi connectivity index (χ2n) is 22.5. The van der Waals surface area contributed by atoms with Crippen molar-refractivity contribution >= 4 is 11.9 Å². The molecular formula is C66H127NO5. The number of carbonyl (C=O) groups is 2. The van der Waals surface area contributed by atoms with E-state index in [1.807, 2.05) is 6.08 Å². The van der Waals surface area contributed by atoms with Crippen molar-refractivity contribution in [2.24, 2.45) is 0 Å². The van der Waals surface area contributed by atoms with Crippen LogP contribution in [-0.4, -0.2) is 47.4 Å². The molecular weight excluding hydrogens is 887 g/mol. The summed E-state index contributed by atoms with van der Waals surface area (Å²) < 4.78 is 5.46. The monoisotopic (exact) mass is 1010 g/mol. The van der Waals surface area contributed by atoms with Crippen molar-refractivity contribution in [2.45, 2.75) is 373 Å². The molecule has 0 aromatic carbocycles. The van der Waals surface area contributed by atoms with Crippen molar-refractivity contribution in [3.8, 4) is 0 Å². The molecule has 0 aliphatic heterocycles. The van der Waals surface area contributed by atoms with Gasteiger partial charge < -0.3 is 20.3 Å². The highest BCUT2D eigenvalue weighted by molar-refractivity contribution is 5.76. The van der Waals surface area contributed by atoms with Crippen molar-refractivity contribution in [2.75, 3.05) is 13.2 Å². The molecule has 2 unspecified atom stereocenters. The van der Waals surface area contributed by atoms with Gasteiger partial charge in [0.15, 0.2) is 0 Å². The normalized spacial score (nSPS) is 12.7. The third kappa shape index (κ3) is 57.6. The summed E-state index contributed by atoms with van der Waals surface area (Å²) in [6.07, 6.45) is 76.6. The van der Waals surface area contributed by atoms with Crippen LogP contribution in [0.2, 0.25) is 0 Å². The molecule has 72 heavy (non-hydrogen) atoms. The summed E-state index contributed by atoms with van der Waals surface area (Å²) in [6.45, 7) is 4.89. The van der Waals surface area contributed by atoms with Crippen LogP contribution in [0, 0.1) is 0 Å². The molecule has 6 heteroatoms. The van der Waals surface area contributed by atoms with Gasteiger partial charge in [0, 0.05) is 12.8 Å². The number of amides is 1. The Kier molecular flexibility index (Phi) is 60.5. The van der Waals surface area contributed by atoms with Crippen LogP contribution in [0.4, 0.5) is 0 Å². The summed E-state index contributed by atoms with van der Waals surface area (Å²) in [5, 5.41) is 23.2. The van der Waals surface area contributed by atoms with Crippen LogP contribution >= 0.6 is 0 Å². The third-order valence-electron chi connectivity index (χ3n) is 15.2. The summed E-state index contributed by atoms with van der Waals surface area (Å²) in [7, 11) is 0. The molecule has 0 bridgehead atoms. The molecule has 0 saturated carbocycles. The lowest BCUT2D eigenvalue weighted by Gasteiger charge is -2.20. The number of hydrogen-bond donors (Lipinski definition) is 3. The average Bonchev–Trinajstić information content (AvgIpc) is 3.38. The van der Waals surface area contributed by atoms with E-state index < -0.39 is 12.1 Å². The van der Waals surface area contributed by atoms with Crippen LogP contribution in [0.1, 0.15) is 361 Å². The van der Waals surface area contributed by atoms with E-state index in [0.717, 1.165) is 44.9 Å². The molecule has 0 heterocycles. The molecule has 0 spiro atoms. The van der Waals surface area contributed by atoms with Gasteiger partial charge in [-0.25, -0.2) is 0 Å². The van der Waals surface area contributed by atoms with E-state index in [0.29, 0.717) is 19.4 Å². The Bertz CT molecular complexity index is 1120. The van der Waals surface area contributed by atoms with E-state index in [1.54, 1.807) is 6.08 Å². The summed E-state index contributed by atoms with van der Waals surface area (Å²) in [6, 6.07) is -0.626. The standard InChI is InChI=1S/C66H127NO5/c1-3-5-7-9-11-13-15-16-17-18-29-32-35-39-42-46-50-54-58-64(69)63(62-68)67-65(70)59-55-51-47-43-40-36-33-30-27-25-23-21-19-20-22-24-26-28-31-34-37-41-45-49-53-57-61-72-66(71)60-56-52-48-44-38-14-12-10-8-6-4-2/h10,12,54,58,63-64,68-69H,3-9,11,13-53,55-57,59-62H2,1-2H3,(H,67,70)/b12-10-,58-54+. The second-order valence-corrected chi connectivity index (χ2v) is 22.5. The second kappa shape index (κ2) is 61.9. The molecule has 0 aromatic heterocycles. The third-order valence-corrected chi connectivity index (χ3v) is 15.2. The van der Waals surface area contributed by atoms with Crippen molar-refractivity contribution in [1.29, 1.82) is 0 Å². The molecule has 0 aliphatic rings. The molecule has 0 rings (SSSR count). The zero-order chi connectivity index (χ0) is 52.2. The predicted octanol–water partition coefficient (Wildman–Crippen LogP) is 20.6. The van der Waals surface area contributed by atoms with E-state index in [1.165, 1.54) is 289 Å². The number of esters is 1. The minimum absolute atomic E-state index is 0.00608. The minimum Gasteiger partial charge on any atom is -0.466 e. The van der Waals surface area contributed by atoms with Gasteiger partial charge in [-0.1, -0.05) is 321 Å². The lowest BCUT2D eigenvalue weighted by Crippen LogP contribution is -2.45. The molecule has 1 amide bonds. The lowest BCUT2D eigenvalue weighted by molar-refractivity contribution is -0.143. The quantitative estimate of drug-likeness (QED) is 0.0320. The highest BCUT2D eigenvalue weighted by Crippen LogP contribution is 2.18. The van der Waals surface area contributed by atoms with Crippen LogP contribution < -0.4 is 5.32 Å². The van der Waals surface area contributed by atoms with E-state index in [9.17, 15) is 19.8 Å². The van der Waals surface area contributed by atoms with Crippen LogP contribution in [0.15, 0.2) is 24.3 Å². The number of aliphatic hydroxyl groups is 2. The maximum atomic E-state index is 12.5. The number of allylic oxidation sites excluding steroid dienone is 3. The fraction of sp³-hybridized carbons (Fsp3) is 0.909. The number of hydrogen-bond acceptors (Lipinski definition) is 5. The van der Waals surface area contributed by atoms with Crippen LogP contribution in [-0.2, 0) is 14.3 Å². The van der Waals surface area contributed by atoms with Crippen molar-refractivity contribution in [3.05, 3.63) is 24.3 Å². The number of aliphatic hydroxyl groups excluding tert-OH is 2. The molecule has 0 radical (unpaired) electrons. The molecule has 0 aromatic rings. The fourth-order valence-corrected chi connectivity index (χ4v) is 10.2. The van der Waals surface area contributed by atoms with Gasteiger partial charge in [-0.15, -0.1) is 0 Å². The van der Waals surface area contributed by atoms with Crippen LogP contribution in [0.25, 0.3) is 0 Å². The van der Waals surface area contributed by atoms with Gasteiger partial charge in [-0.3, -0.25) is 9.59 Å². The van der Waals surface area contributed by atoms with Gasteiger partial charge in [0.2, 0.25) is 5.91 Å². The zero-order valence-electron chi connectivity index (χ0n) is 48.7. The van der Waals surface area contributed by atoms with Crippen molar-refractivity contribution in [3.63, 3.8) is 0 Å². The first-order valence-corrected chi connectivity index (χ1v) is 32.6. The first-order chi connectivity index (χ1) is 35.5. The fourth-order valence-electron chi connectivity index (χ4n) is 10.2. The van der Waals surface area contributed by atoms with E-state index in [2.05, 4.69) is 31.3 Å². The van der Waals surface area contributed by atoms with Gasteiger partial charge in [0.25, 0.3) is 0 Å². The first kappa shape index (κ1) is 70.3. The Hall–Kier alpha value is -1.66. The van der Waals surface area contributed by atoms with Crippen LogP contribution in [0.5, 0.6) is 0 Å². The summed E-state index contributed by atoms with van der Waals surface area (Å²) >= 11 is 0. The molecule has 426 valence electrons. The maximum Gasteiger partial charge on any atom is 0.305 e. The smallest absolute Gasteiger partial charge is 0.305 e. The van der Waals surface area contributed by atoms with Gasteiger partial charge in [-0.05, 0) is 51.4 Å². The lowest BCUT2D eigenvalue weighted by atomic mass is 10.0. The Labute approximate surface area is 450 Å². The number of ether oxygens (including phenoxy) is 1. The molecule has 0 aliphatic carbocycles. The molecule has 0 fully saturated rings. The van der Waals surface area contributed by atoms with Gasteiger partial charge >= 0.3 is 5.97 Å². The highest BCUT2D eigenvalue weighted by atomic mass is 16.5. The SMILES string of the molecule is CCCC/C=C\CCCCCCCC(=O)OCCCCCCCCCCCCCCCCCCCCCCCCCCCCC(=O)NC(CO)C(O)/C=C/CCCCCCCCCCCCCCCCCC. The number of rotatable bonds is 61. The number of nitrogens with one attached hydrogen (secondary N) is 1. The van der Waals surface area contributed by atoms with Crippen LogP contribution in [0.3, 0.4) is 0 Å². The minimum atomic E-state index is -0.843. The number of unbranched alkanes of at least 4 members (excludes halogenated alkanes) is 48. The molecule has 2 atom stereocenters. The Morgan fingerprint density at radius 3 is 1.03 bits per heavy atom.